The first kappa shape index (κ1) is 18.5. The second-order valence-corrected chi connectivity index (χ2v) is 5.81. The van der Waals surface area contributed by atoms with Crippen molar-refractivity contribution in [1.29, 1.82) is 0 Å². The predicted octanol–water partition coefficient (Wildman–Crippen LogP) is 2.23. The summed E-state index contributed by atoms with van der Waals surface area (Å²) in [6.07, 6.45) is 10.3. The molecule has 1 saturated carbocycles. The molecular weight excluding hydrogens is 351 g/mol. The summed E-state index contributed by atoms with van der Waals surface area (Å²) in [7, 11) is 1.88. The highest BCUT2D eigenvalue weighted by atomic mass is 35.5. The van der Waals surface area contributed by atoms with Gasteiger partial charge in [-0.2, -0.15) is 10.2 Å². The number of hydrogen-bond acceptors (Lipinski definition) is 5. The summed E-state index contributed by atoms with van der Waals surface area (Å²) in [5.74, 6) is 0.609. The fourth-order valence-electron chi connectivity index (χ4n) is 2.92. The minimum Gasteiger partial charge on any atom is -0.473 e. The van der Waals surface area contributed by atoms with Crippen LogP contribution in [-0.4, -0.2) is 36.5 Å². The topological polar surface area (TPSA) is 83.3 Å². The van der Waals surface area contributed by atoms with Crippen LogP contribution < -0.4 is 10.5 Å². The van der Waals surface area contributed by atoms with E-state index in [0.29, 0.717) is 5.88 Å². The molecule has 3 aromatic rings. The molecule has 0 spiro atoms. The average molecular weight is 371 g/mol. The minimum atomic E-state index is 0. The van der Waals surface area contributed by atoms with Crippen molar-refractivity contribution in [3.63, 3.8) is 0 Å². The van der Waals surface area contributed by atoms with Crippen molar-refractivity contribution in [2.24, 2.45) is 12.8 Å². The Bertz CT molecular complexity index is 817. The second-order valence-electron chi connectivity index (χ2n) is 5.81. The molecule has 1 aliphatic rings. The van der Waals surface area contributed by atoms with Crippen LogP contribution in [0.3, 0.4) is 0 Å². The molecule has 4 rings (SSSR count). The molecule has 0 saturated heterocycles. The number of ether oxygens (including phenoxy) is 1. The molecule has 3 aromatic heterocycles. The summed E-state index contributed by atoms with van der Waals surface area (Å²) in [5.41, 5.74) is 8.57. The molecule has 7 nitrogen and oxygen atoms in total. The molecule has 0 aromatic carbocycles. The van der Waals surface area contributed by atoms with E-state index in [1.165, 1.54) is 0 Å². The first-order valence-corrected chi connectivity index (χ1v) is 7.45. The van der Waals surface area contributed by atoms with Crippen molar-refractivity contribution in [2.75, 3.05) is 0 Å². The maximum Gasteiger partial charge on any atom is 0.240 e. The molecule has 0 radical (unpaired) electrons. The minimum absolute atomic E-state index is 0. The van der Waals surface area contributed by atoms with Crippen molar-refractivity contribution < 1.29 is 4.74 Å². The van der Waals surface area contributed by atoms with E-state index in [4.69, 9.17) is 10.5 Å². The molecule has 1 fully saturated rings. The Labute approximate surface area is 152 Å². The van der Waals surface area contributed by atoms with Crippen molar-refractivity contribution in [3.05, 3.63) is 30.9 Å². The number of aromatic nitrogens is 5. The number of nitrogens with two attached hydrogens (primary N) is 1. The average Bonchev–Trinajstić information content (AvgIpc) is 3.20. The van der Waals surface area contributed by atoms with Crippen LogP contribution in [0.15, 0.2) is 30.9 Å². The van der Waals surface area contributed by atoms with Gasteiger partial charge in [0.25, 0.3) is 0 Å². The number of halogens is 2. The van der Waals surface area contributed by atoms with Gasteiger partial charge in [0.2, 0.25) is 5.88 Å². The second kappa shape index (κ2) is 7.38. The third-order valence-electron chi connectivity index (χ3n) is 4.06. The van der Waals surface area contributed by atoms with Crippen LogP contribution in [-0.2, 0) is 7.05 Å². The molecule has 9 heteroatoms. The molecular formula is C15H20Cl2N6O. The zero-order valence-electron chi connectivity index (χ0n) is 13.2. The van der Waals surface area contributed by atoms with Crippen LogP contribution in [0, 0.1) is 0 Å². The van der Waals surface area contributed by atoms with Crippen LogP contribution in [0.1, 0.15) is 19.3 Å². The highest BCUT2D eigenvalue weighted by Crippen LogP contribution is 2.28. The number of hydrogen-bond donors (Lipinski definition) is 1. The Hall–Kier alpha value is -1.83. The molecule has 0 aliphatic heterocycles. The van der Waals surface area contributed by atoms with E-state index in [1.54, 1.807) is 21.6 Å². The maximum atomic E-state index is 6.11. The van der Waals surface area contributed by atoms with Crippen molar-refractivity contribution in [2.45, 2.75) is 31.4 Å². The van der Waals surface area contributed by atoms with Gasteiger partial charge >= 0.3 is 0 Å². The fourth-order valence-corrected chi connectivity index (χ4v) is 2.92. The summed E-state index contributed by atoms with van der Waals surface area (Å²) < 4.78 is 9.65. The molecule has 2 unspecified atom stereocenters. The van der Waals surface area contributed by atoms with Gasteiger partial charge in [-0.15, -0.1) is 24.8 Å². The van der Waals surface area contributed by atoms with Gasteiger partial charge < -0.3 is 10.5 Å². The van der Waals surface area contributed by atoms with E-state index in [-0.39, 0.29) is 37.0 Å². The lowest BCUT2D eigenvalue weighted by molar-refractivity contribution is 0.202. The third kappa shape index (κ3) is 3.48. The van der Waals surface area contributed by atoms with E-state index in [1.807, 2.05) is 25.5 Å². The molecule has 2 N–H and O–H groups in total. The smallest absolute Gasteiger partial charge is 0.240 e. The highest BCUT2D eigenvalue weighted by molar-refractivity contribution is 5.85. The zero-order valence-corrected chi connectivity index (χ0v) is 14.8. The third-order valence-corrected chi connectivity index (χ3v) is 4.06. The highest BCUT2D eigenvalue weighted by Gasteiger charge is 2.24. The van der Waals surface area contributed by atoms with Gasteiger partial charge in [0.1, 0.15) is 11.6 Å². The number of fused-ring (bicyclic) bond motifs is 1. The summed E-state index contributed by atoms with van der Waals surface area (Å²) >= 11 is 0. The standard InChI is InChI=1S/C15H18N6O.2ClH/c1-20-8-10(7-18-20)13-9-21-14(4-5-17-21)15(19-13)22-12-3-2-11(16)6-12;;/h4-5,7-9,11-12H,2-3,6,16H2,1H3;2*1H. The fraction of sp³-hybridized carbons (Fsp3) is 0.400. The molecule has 24 heavy (non-hydrogen) atoms. The molecule has 1 aliphatic carbocycles. The summed E-state index contributed by atoms with van der Waals surface area (Å²) in [6.45, 7) is 0. The van der Waals surface area contributed by atoms with E-state index < -0.39 is 0 Å². The Morgan fingerprint density at radius 1 is 1.21 bits per heavy atom. The SMILES string of the molecule is Cl.Cl.Cn1cc(-c2cn3nccc3c(OC3CCC(N)C3)n2)cn1. The molecule has 0 bridgehead atoms. The molecule has 130 valence electrons. The van der Waals surface area contributed by atoms with Crippen LogP contribution in [0.2, 0.25) is 0 Å². The van der Waals surface area contributed by atoms with Gasteiger partial charge in [-0.3, -0.25) is 4.68 Å². The van der Waals surface area contributed by atoms with Gasteiger partial charge in [0.05, 0.1) is 24.3 Å². The van der Waals surface area contributed by atoms with Crippen LogP contribution in [0.4, 0.5) is 0 Å². The lowest BCUT2D eigenvalue weighted by Crippen LogP contribution is -2.19. The predicted molar refractivity (Wildman–Crippen MR) is 95.9 cm³/mol. The Kier molecular flexibility index (Phi) is 5.69. The lowest BCUT2D eigenvalue weighted by Gasteiger charge is -2.14. The Morgan fingerprint density at radius 3 is 2.71 bits per heavy atom. The largest absolute Gasteiger partial charge is 0.473 e. The molecule has 2 atom stereocenters. The van der Waals surface area contributed by atoms with Gasteiger partial charge in [0, 0.05) is 24.8 Å². The van der Waals surface area contributed by atoms with E-state index in [9.17, 15) is 0 Å². The summed E-state index contributed by atoms with van der Waals surface area (Å²) in [5, 5.41) is 8.50. The van der Waals surface area contributed by atoms with Gasteiger partial charge in [-0.05, 0) is 25.3 Å². The zero-order chi connectivity index (χ0) is 15.1. The summed E-state index contributed by atoms with van der Waals surface area (Å²) in [4.78, 5) is 4.67. The van der Waals surface area contributed by atoms with E-state index >= 15 is 0 Å². The first-order chi connectivity index (χ1) is 10.7. The lowest BCUT2D eigenvalue weighted by atomic mass is 10.2. The van der Waals surface area contributed by atoms with Gasteiger partial charge in [-0.1, -0.05) is 0 Å². The molecule has 0 amide bonds. The van der Waals surface area contributed by atoms with Crippen molar-refractivity contribution >= 4 is 30.3 Å². The van der Waals surface area contributed by atoms with Gasteiger partial charge in [-0.25, -0.2) is 9.50 Å². The van der Waals surface area contributed by atoms with Crippen molar-refractivity contribution in [3.8, 4) is 17.1 Å². The monoisotopic (exact) mass is 370 g/mol. The number of rotatable bonds is 3. The van der Waals surface area contributed by atoms with Crippen LogP contribution >= 0.6 is 24.8 Å². The van der Waals surface area contributed by atoms with Crippen molar-refractivity contribution in [1.82, 2.24) is 24.4 Å². The number of aryl methyl sites for hydroxylation is 1. The Balaban J connectivity index is 0.00000104. The maximum absolute atomic E-state index is 6.11. The van der Waals surface area contributed by atoms with Gasteiger partial charge in [0.15, 0.2) is 0 Å². The summed E-state index contributed by atoms with van der Waals surface area (Å²) in [6, 6.07) is 2.14. The molecule has 3 heterocycles. The normalized spacial score (nSPS) is 19.8. The van der Waals surface area contributed by atoms with E-state index in [0.717, 1.165) is 36.0 Å². The first-order valence-electron chi connectivity index (χ1n) is 7.45. The number of nitrogens with zero attached hydrogens (tertiary/aromatic N) is 5. The Morgan fingerprint density at radius 2 is 2.04 bits per heavy atom. The van der Waals surface area contributed by atoms with Crippen LogP contribution in [0.25, 0.3) is 16.8 Å². The van der Waals surface area contributed by atoms with Crippen LogP contribution in [0.5, 0.6) is 5.88 Å². The quantitative estimate of drug-likeness (QED) is 0.764. The van der Waals surface area contributed by atoms with E-state index in [2.05, 4.69) is 15.2 Å².